The number of fused-ring (bicyclic) bond motifs is 1. The van der Waals surface area contributed by atoms with E-state index in [-0.39, 0.29) is 28.8 Å². The molecule has 0 amide bonds. The van der Waals surface area contributed by atoms with Gasteiger partial charge in [-0.15, -0.1) is 0 Å². The summed E-state index contributed by atoms with van der Waals surface area (Å²) >= 11 is 2.16. The highest BCUT2D eigenvalue weighted by Crippen LogP contribution is 2.32. The summed E-state index contributed by atoms with van der Waals surface area (Å²) < 4.78 is 35.5. The molecule has 1 aliphatic heterocycles. The van der Waals surface area contributed by atoms with Crippen LogP contribution in [0, 0.1) is 11.6 Å². The lowest BCUT2D eigenvalue weighted by atomic mass is 10.2. The second-order valence-corrected chi connectivity index (χ2v) is 9.20. The summed E-state index contributed by atoms with van der Waals surface area (Å²) in [6.45, 7) is 2.24. The number of ether oxygens (including phenoxy) is 1. The van der Waals surface area contributed by atoms with E-state index in [0.29, 0.717) is 34.3 Å². The number of aliphatic hydroxyl groups excluding tert-OH is 1. The average molecular weight is 469 g/mol. The highest BCUT2D eigenvalue weighted by Gasteiger charge is 2.24. The summed E-state index contributed by atoms with van der Waals surface area (Å²) in [5, 5.41) is 12.9. The molecule has 0 radical (unpaired) electrons. The maximum absolute atomic E-state index is 14.0. The molecule has 1 aliphatic rings. The fraction of sp³-hybridized carbons (Fsp3) is 0.450. The Kier molecular flexibility index (Phi) is 6.85. The number of rotatable bonds is 7. The van der Waals surface area contributed by atoms with Gasteiger partial charge in [0.2, 0.25) is 0 Å². The summed E-state index contributed by atoms with van der Waals surface area (Å²) in [4.78, 5) is 21.6. The van der Waals surface area contributed by atoms with E-state index >= 15 is 0 Å². The van der Waals surface area contributed by atoms with Gasteiger partial charge in [-0.1, -0.05) is 35.2 Å². The van der Waals surface area contributed by atoms with Crippen LogP contribution < -0.4 is 10.2 Å². The summed E-state index contributed by atoms with van der Waals surface area (Å²) in [6.07, 6.45) is 2.21. The molecular weight excluding hydrogens is 446 g/mol. The van der Waals surface area contributed by atoms with Gasteiger partial charge >= 0.3 is 4.87 Å². The van der Waals surface area contributed by atoms with Crippen LogP contribution in [0.1, 0.15) is 38.0 Å². The second-order valence-electron chi connectivity index (χ2n) is 7.30. The lowest BCUT2D eigenvalue weighted by molar-refractivity contribution is -0.0308. The number of hydrogen-bond donors (Lipinski definition) is 2. The molecule has 0 bridgehead atoms. The molecule has 1 unspecified atom stereocenters. The molecule has 7 nitrogen and oxygen atoms in total. The minimum Gasteiger partial charge on any atom is -0.394 e. The second kappa shape index (κ2) is 9.60. The Morgan fingerprint density at radius 1 is 1.39 bits per heavy atom. The van der Waals surface area contributed by atoms with Gasteiger partial charge in [0.1, 0.15) is 10.9 Å². The first-order chi connectivity index (χ1) is 15.0. The predicted octanol–water partition coefficient (Wildman–Crippen LogP) is 3.92. The SMILES string of the molecule is C[C@H](CO)Nc1nc(SCc2cccc(F)c2F)nc2c1sc(=O)n2C1CCCCO1. The van der Waals surface area contributed by atoms with Gasteiger partial charge in [-0.2, -0.15) is 0 Å². The summed E-state index contributed by atoms with van der Waals surface area (Å²) in [5.41, 5.74) is 0.636. The first-order valence-electron chi connectivity index (χ1n) is 9.95. The van der Waals surface area contributed by atoms with E-state index < -0.39 is 17.9 Å². The number of thioether (sulfide) groups is 1. The van der Waals surface area contributed by atoms with Crippen LogP contribution in [0.2, 0.25) is 0 Å². The van der Waals surface area contributed by atoms with Gasteiger partial charge in [0.05, 0.1) is 6.61 Å². The van der Waals surface area contributed by atoms with E-state index in [1.54, 1.807) is 11.5 Å². The molecule has 2 atom stereocenters. The Bertz CT molecular complexity index is 1130. The summed E-state index contributed by atoms with van der Waals surface area (Å²) in [5.74, 6) is -1.26. The number of hydrogen-bond acceptors (Lipinski definition) is 8. The van der Waals surface area contributed by atoms with E-state index in [0.717, 1.165) is 42.0 Å². The maximum Gasteiger partial charge on any atom is 0.311 e. The lowest BCUT2D eigenvalue weighted by Gasteiger charge is -2.23. The first-order valence-corrected chi connectivity index (χ1v) is 11.8. The molecule has 1 saturated heterocycles. The van der Waals surface area contributed by atoms with Gasteiger partial charge < -0.3 is 15.2 Å². The van der Waals surface area contributed by atoms with Crippen molar-refractivity contribution >= 4 is 39.3 Å². The zero-order chi connectivity index (χ0) is 22.0. The van der Waals surface area contributed by atoms with Crippen molar-refractivity contribution in [3.8, 4) is 0 Å². The van der Waals surface area contributed by atoms with E-state index in [4.69, 9.17) is 4.74 Å². The Hall–Kier alpha value is -2.08. The fourth-order valence-electron chi connectivity index (χ4n) is 3.32. The van der Waals surface area contributed by atoms with Crippen molar-refractivity contribution in [1.29, 1.82) is 0 Å². The van der Waals surface area contributed by atoms with Crippen molar-refractivity contribution in [3.05, 3.63) is 45.1 Å². The Balaban J connectivity index is 1.73. The van der Waals surface area contributed by atoms with Gasteiger partial charge in [-0.3, -0.25) is 9.36 Å². The smallest absolute Gasteiger partial charge is 0.311 e. The van der Waals surface area contributed by atoms with Crippen LogP contribution in [0.5, 0.6) is 0 Å². The first kappa shape index (κ1) is 22.1. The van der Waals surface area contributed by atoms with Crippen molar-refractivity contribution in [3.63, 3.8) is 0 Å². The van der Waals surface area contributed by atoms with Gasteiger partial charge in [0.15, 0.2) is 28.3 Å². The minimum absolute atomic E-state index is 0.121. The predicted molar refractivity (Wildman–Crippen MR) is 117 cm³/mol. The highest BCUT2D eigenvalue weighted by molar-refractivity contribution is 7.98. The van der Waals surface area contributed by atoms with Gasteiger partial charge in [0.25, 0.3) is 0 Å². The number of benzene rings is 1. The number of aromatic nitrogens is 3. The summed E-state index contributed by atoms with van der Waals surface area (Å²) in [7, 11) is 0. The number of aliphatic hydroxyl groups is 1. The summed E-state index contributed by atoms with van der Waals surface area (Å²) in [6, 6.07) is 3.73. The molecule has 2 N–H and O–H groups in total. The van der Waals surface area contributed by atoms with Crippen molar-refractivity contribution in [1.82, 2.24) is 14.5 Å². The van der Waals surface area contributed by atoms with Gasteiger partial charge in [-0.05, 0) is 32.3 Å². The number of anilines is 1. The monoisotopic (exact) mass is 468 g/mol. The van der Waals surface area contributed by atoms with Crippen molar-refractivity contribution in [2.45, 2.75) is 49.4 Å². The fourth-order valence-corrected chi connectivity index (χ4v) is 5.05. The topological polar surface area (TPSA) is 89.3 Å². The third kappa shape index (κ3) is 4.74. The van der Waals surface area contributed by atoms with E-state index in [9.17, 15) is 18.7 Å². The highest BCUT2D eigenvalue weighted by atomic mass is 32.2. The Labute approximate surface area is 185 Å². The Morgan fingerprint density at radius 2 is 2.23 bits per heavy atom. The van der Waals surface area contributed by atoms with Crippen molar-refractivity contribution in [2.75, 3.05) is 18.5 Å². The lowest BCUT2D eigenvalue weighted by Crippen LogP contribution is -2.25. The largest absolute Gasteiger partial charge is 0.394 e. The third-order valence-electron chi connectivity index (χ3n) is 4.93. The molecule has 1 aromatic carbocycles. The van der Waals surface area contributed by atoms with Crippen LogP contribution in [0.4, 0.5) is 14.6 Å². The molecule has 31 heavy (non-hydrogen) atoms. The molecule has 0 aliphatic carbocycles. The number of halogens is 2. The van der Waals surface area contributed by atoms with E-state index in [1.807, 2.05) is 0 Å². The molecule has 3 aromatic rings. The van der Waals surface area contributed by atoms with E-state index in [2.05, 4.69) is 15.3 Å². The molecular formula is C20H22F2N4O3S2. The van der Waals surface area contributed by atoms with Gasteiger partial charge in [0, 0.05) is 24.0 Å². The van der Waals surface area contributed by atoms with Gasteiger partial charge in [-0.25, -0.2) is 18.7 Å². The Morgan fingerprint density at radius 3 is 2.97 bits per heavy atom. The average Bonchev–Trinajstić information content (AvgIpc) is 3.11. The molecule has 166 valence electrons. The standard InChI is InChI=1S/C20H22F2N4O3S2/c1-11(9-27)23-17-16-18(26(20(28)31-16)14-7-2-3-8-29-14)25-19(24-17)30-10-12-5-4-6-13(21)15(12)22/h4-6,11,14,27H,2-3,7-10H2,1H3,(H,23,24,25)/t11-,14?/m1/s1. The van der Waals surface area contributed by atoms with Crippen LogP contribution in [0.15, 0.2) is 28.2 Å². The normalized spacial score (nSPS) is 17.7. The van der Waals surface area contributed by atoms with Crippen molar-refractivity contribution in [2.24, 2.45) is 0 Å². The third-order valence-corrected chi connectivity index (χ3v) is 6.78. The van der Waals surface area contributed by atoms with Crippen molar-refractivity contribution < 1.29 is 18.6 Å². The number of nitrogens with zero attached hydrogens (tertiary/aromatic N) is 3. The maximum atomic E-state index is 14.0. The van der Waals surface area contributed by atoms with Crippen LogP contribution in [0.3, 0.4) is 0 Å². The molecule has 2 aromatic heterocycles. The van der Waals surface area contributed by atoms with Crippen LogP contribution in [0.25, 0.3) is 10.3 Å². The molecule has 1 fully saturated rings. The van der Waals surface area contributed by atoms with Crippen LogP contribution >= 0.6 is 23.1 Å². The zero-order valence-corrected chi connectivity index (χ0v) is 18.4. The van der Waals surface area contributed by atoms with Crippen LogP contribution in [-0.2, 0) is 10.5 Å². The number of thiazole rings is 1. The van der Waals surface area contributed by atoms with Crippen LogP contribution in [-0.4, -0.2) is 38.9 Å². The molecule has 3 heterocycles. The minimum atomic E-state index is -0.908. The quantitative estimate of drug-likeness (QED) is 0.401. The number of nitrogens with one attached hydrogen (secondary N) is 1. The zero-order valence-electron chi connectivity index (χ0n) is 16.8. The molecule has 0 spiro atoms. The molecule has 0 saturated carbocycles. The molecule has 11 heteroatoms. The molecule has 4 rings (SSSR count). The van der Waals surface area contributed by atoms with E-state index in [1.165, 1.54) is 12.1 Å².